The van der Waals surface area contributed by atoms with E-state index in [2.05, 4.69) is 10.2 Å². The predicted molar refractivity (Wildman–Crippen MR) is 87.4 cm³/mol. The minimum Gasteiger partial charge on any atom is -0.505 e. The van der Waals surface area contributed by atoms with Crippen molar-refractivity contribution in [1.82, 2.24) is 15.0 Å². The number of rotatable bonds is 4. The Morgan fingerprint density at radius 2 is 2.08 bits per heavy atom. The van der Waals surface area contributed by atoms with Crippen LogP contribution in [0.3, 0.4) is 0 Å². The number of carbonyl (C=O) groups is 1. The Kier molecular flexibility index (Phi) is 4.18. The number of ether oxygens (including phenoxy) is 1. The Morgan fingerprint density at radius 3 is 2.79 bits per heavy atom. The van der Waals surface area contributed by atoms with E-state index in [4.69, 9.17) is 9.84 Å². The summed E-state index contributed by atoms with van der Waals surface area (Å²) in [5.41, 5.74) is 3.13. The van der Waals surface area contributed by atoms with Crippen LogP contribution in [0.25, 0.3) is 16.7 Å². The van der Waals surface area contributed by atoms with E-state index in [1.807, 2.05) is 0 Å². The van der Waals surface area contributed by atoms with E-state index in [0.29, 0.717) is 34.3 Å². The van der Waals surface area contributed by atoms with Gasteiger partial charge in [-0.15, -0.1) is 15.0 Å². The van der Waals surface area contributed by atoms with Crippen LogP contribution in [0.15, 0.2) is 30.3 Å². The molecule has 24 heavy (non-hydrogen) atoms. The van der Waals surface area contributed by atoms with E-state index < -0.39 is 5.97 Å². The van der Waals surface area contributed by atoms with Gasteiger partial charge >= 0.3 is 5.97 Å². The second-order valence-electron chi connectivity index (χ2n) is 5.41. The van der Waals surface area contributed by atoms with Crippen molar-refractivity contribution >= 4 is 17.0 Å². The number of aryl methyl sites for hydroxylation is 1. The molecule has 0 atom stereocenters. The first kappa shape index (κ1) is 15.9. The van der Waals surface area contributed by atoms with Gasteiger partial charge < -0.3 is 14.9 Å². The molecule has 7 nitrogen and oxygen atoms in total. The molecular formula is C17H17N3O4. The molecule has 0 saturated heterocycles. The average Bonchev–Trinajstić information content (AvgIpc) is 3.01. The van der Waals surface area contributed by atoms with Crippen LogP contribution in [0, 0.1) is 6.92 Å². The fraction of sp³-hybridized carbons (Fsp3) is 0.235. The highest BCUT2D eigenvalue weighted by molar-refractivity contribution is 6.01. The number of benzene rings is 2. The number of aromatic hydroxyl groups is 1. The Morgan fingerprint density at radius 1 is 1.29 bits per heavy atom. The summed E-state index contributed by atoms with van der Waals surface area (Å²) < 4.78 is 4.76. The average molecular weight is 327 g/mol. The summed E-state index contributed by atoms with van der Waals surface area (Å²) in [4.78, 5) is 13.1. The lowest BCUT2D eigenvalue weighted by Gasteiger charge is -2.09. The number of hydrogen-bond donors (Lipinski definition) is 2. The Hall–Kier alpha value is -2.93. The smallest absolute Gasteiger partial charge is 0.340 e. The molecule has 7 heteroatoms. The van der Waals surface area contributed by atoms with Crippen LogP contribution in [-0.2, 0) is 11.2 Å². The van der Waals surface area contributed by atoms with Crippen LogP contribution in [0.4, 0.5) is 0 Å². The number of esters is 1. The van der Waals surface area contributed by atoms with Crippen molar-refractivity contribution in [2.24, 2.45) is 0 Å². The molecule has 2 aromatic carbocycles. The van der Waals surface area contributed by atoms with Crippen LogP contribution in [0.5, 0.6) is 5.75 Å². The van der Waals surface area contributed by atoms with Gasteiger partial charge in [-0.2, -0.15) is 0 Å². The van der Waals surface area contributed by atoms with Gasteiger partial charge in [-0.25, -0.2) is 4.79 Å². The van der Waals surface area contributed by atoms with Crippen LogP contribution < -0.4 is 0 Å². The number of aliphatic hydroxyl groups excluding tert-OH is 1. The molecular weight excluding hydrogens is 310 g/mol. The quantitative estimate of drug-likeness (QED) is 0.709. The van der Waals surface area contributed by atoms with E-state index >= 15 is 0 Å². The third-order valence-corrected chi connectivity index (χ3v) is 3.77. The second kappa shape index (κ2) is 6.29. The Labute approximate surface area is 138 Å². The van der Waals surface area contributed by atoms with Gasteiger partial charge in [0.25, 0.3) is 0 Å². The SMILES string of the molecule is COC(=O)c1cccc2nn(-c3cc(CCO)cc(C)c3O)nc12. The molecule has 124 valence electrons. The number of aromatic nitrogens is 3. The van der Waals surface area contributed by atoms with E-state index in [0.717, 1.165) is 5.56 Å². The number of phenols is 1. The normalized spacial score (nSPS) is 11.0. The molecule has 0 saturated carbocycles. The van der Waals surface area contributed by atoms with Crippen molar-refractivity contribution in [3.63, 3.8) is 0 Å². The second-order valence-corrected chi connectivity index (χ2v) is 5.41. The van der Waals surface area contributed by atoms with Crippen LogP contribution in [-0.4, -0.2) is 44.9 Å². The fourth-order valence-corrected chi connectivity index (χ4v) is 2.58. The number of phenolic OH excluding ortho intramolecular Hbond substituents is 1. The third-order valence-electron chi connectivity index (χ3n) is 3.77. The van der Waals surface area contributed by atoms with Gasteiger partial charge in [0.2, 0.25) is 0 Å². The molecule has 0 aliphatic heterocycles. The molecule has 0 unspecified atom stereocenters. The lowest BCUT2D eigenvalue weighted by Crippen LogP contribution is -2.04. The lowest BCUT2D eigenvalue weighted by molar-refractivity contribution is 0.0602. The first-order valence-corrected chi connectivity index (χ1v) is 7.43. The monoisotopic (exact) mass is 327 g/mol. The molecule has 1 aromatic heterocycles. The zero-order valence-electron chi connectivity index (χ0n) is 13.4. The van der Waals surface area contributed by atoms with Crippen LogP contribution in [0.2, 0.25) is 0 Å². The van der Waals surface area contributed by atoms with Crippen molar-refractivity contribution in [3.8, 4) is 11.4 Å². The van der Waals surface area contributed by atoms with E-state index in [9.17, 15) is 9.90 Å². The van der Waals surface area contributed by atoms with Gasteiger partial charge in [-0.1, -0.05) is 12.1 Å². The molecule has 0 fully saturated rings. The summed E-state index contributed by atoms with van der Waals surface area (Å²) in [6, 6.07) is 8.56. The highest BCUT2D eigenvalue weighted by Crippen LogP contribution is 2.28. The largest absolute Gasteiger partial charge is 0.505 e. The van der Waals surface area contributed by atoms with Gasteiger partial charge in [0, 0.05) is 6.61 Å². The molecule has 0 aliphatic carbocycles. The number of hydrogen-bond acceptors (Lipinski definition) is 6. The molecule has 1 heterocycles. The summed E-state index contributed by atoms with van der Waals surface area (Å²) in [7, 11) is 1.30. The van der Waals surface area contributed by atoms with Crippen molar-refractivity contribution in [2.75, 3.05) is 13.7 Å². The van der Waals surface area contributed by atoms with Gasteiger partial charge in [0.15, 0.2) is 0 Å². The number of nitrogens with zero attached hydrogens (tertiary/aromatic N) is 3. The third kappa shape index (κ3) is 2.69. The van der Waals surface area contributed by atoms with Gasteiger partial charge in [-0.05, 0) is 42.7 Å². The van der Waals surface area contributed by atoms with Crippen molar-refractivity contribution in [3.05, 3.63) is 47.0 Å². The lowest BCUT2D eigenvalue weighted by atomic mass is 10.1. The minimum atomic E-state index is -0.498. The van der Waals surface area contributed by atoms with E-state index in [1.165, 1.54) is 11.9 Å². The highest BCUT2D eigenvalue weighted by Gasteiger charge is 2.17. The number of fused-ring (bicyclic) bond motifs is 1. The molecule has 3 rings (SSSR count). The molecule has 0 aliphatic rings. The van der Waals surface area contributed by atoms with Crippen molar-refractivity contribution in [2.45, 2.75) is 13.3 Å². The first-order valence-electron chi connectivity index (χ1n) is 7.43. The Balaban J connectivity index is 2.18. The maximum Gasteiger partial charge on any atom is 0.340 e. The zero-order chi connectivity index (χ0) is 17.3. The Bertz CT molecular complexity index is 918. The summed E-state index contributed by atoms with van der Waals surface area (Å²) in [6.45, 7) is 1.77. The van der Waals surface area contributed by atoms with Gasteiger partial charge in [0.05, 0.1) is 12.7 Å². The minimum absolute atomic E-state index is 0.00462. The van der Waals surface area contributed by atoms with Crippen molar-refractivity contribution in [1.29, 1.82) is 0 Å². The molecule has 3 aromatic rings. The molecule has 2 N–H and O–H groups in total. The maximum atomic E-state index is 11.9. The van der Waals surface area contributed by atoms with E-state index in [1.54, 1.807) is 37.3 Å². The topological polar surface area (TPSA) is 97.5 Å². The van der Waals surface area contributed by atoms with Crippen LogP contribution >= 0.6 is 0 Å². The number of aliphatic hydroxyl groups is 1. The van der Waals surface area contributed by atoms with Crippen molar-refractivity contribution < 1.29 is 19.7 Å². The number of methoxy groups -OCH3 is 1. The predicted octanol–water partition coefficient (Wildman–Crippen LogP) is 1.76. The van der Waals surface area contributed by atoms with Gasteiger partial charge in [-0.3, -0.25) is 0 Å². The fourth-order valence-electron chi connectivity index (χ4n) is 2.58. The van der Waals surface area contributed by atoms with Crippen LogP contribution in [0.1, 0.15) is 21.5 Å². The molecule has 0 spiro atoms. The molecule has 0 radical (unpaired) electrons. The summed E-state index contributed by atoms with van der Waals surface area (Å²) in [6.07, 6.45) is 0.461. The molecule has 0 amide bonds. The van der Waals surface area contributed by atoms with E-state index in [-0.39, 0.29) is 12.4 Å². The maximum absolute atomic E-state index is 11.9. The van der Waals surface area contributed by atoms with Gasteiger partial charge in [0.1, 0.15) is 22.5 Å². The zero-order valence-corrected chi connectivity index (χ0v) is 13.4. The molecule has 0 bridgehead atoms. The first-order chi connectivity index (χ1) is 11.5. The standard InChI is InChI=1S/C17H17N3O4/c1-10-8-11(6-7-21)9-14(16(10)22)20-18-13-5-3-4-12(15(13)19-20)17(23)24-2/h3-5,8-9,21-22H,6-7H2,1-2H3. The summed E-state index contributed by atoms with van der Waals surface area (Å²) in [5, 5.41) is 28.1. The summed E-state index contributed by atoms with van der Waals surface area (Å²) >= 11 is 0. The highest BCUT2D eigenvalue weighted by atomic mass is 16.5. The summed E-state index contributed by atoms with van der Waals surface area (Å²) in [5.74, 6) is -0.446. The number of carbonyl (C=O) groups excluding carboxylic acids is 1.